The molecule has 22 nitrogen and oxygen atoms in total. The normalized spacial score (nSPS) is 11.2. The quantitative estimate of drug-likeness (QED) is 0.0235. The van der Waals surface area contributed by atoms with Gasteiger partial charge in [0.15, 0.2) is 5.96 Å². The number of nitrogens with one attached hydrogen (secondary N) is 5. The minimum Gasteiger partial charge on any atom is -0.491 e. The van der Waals surface area contributed by atoms with Crippen LogP contribution in [0.25, 0.3) is 22.2 Å². The monoisotopic (exact) mass is 892 g/mol. The van der Waals surface area contributed by atoms with Gasteiger partial charge in [0.2, 0.25) is 11.9 Å². The van der Waals surface area contributed by atoms with E-state index in [1.54, 1.807) is 25.2 Å². The van der Waals surface area contributed by atoms with Crippen LogP contribution in [0.2, 0.25) is 5.02 Å². The molecule has 0 aliphatic heterocycles. The third-order valence-corrected chi connectivity index (χ3v) is 8.44. The van der Waals surface area contributed by atoms with Crippen LogP contribution in [0, 0.1) is 5.41 Å². The van der Waals surface area contributed by atoms with Crippen LogP contribution in [-0.4, -0.2) is 192 Å². The Morgan fingerprint density at radius 1 is 0.710 bits per heavy atom. The number of carboxylic acid groups (broad SMARTS) is 2. The van der Waals surface area contributed by atoms with Gasteiger partial charge in [0, 0.05) is 48.7 Å². The number of aliphatic carboxylic acids is 2. The highest BCUT2D eigenvalue weighted by molar-refractivity contribution is 6.31. The van der Waals surface area contributed by atoms with Crippen LogP contribution in [0.5, 0.6) is 5.75 Å². The maximum absolute atomic E-state index is 12.2. The molecule has 0 fully saturated rings. The van der Waals surface area contributed by atoms with Crippen molar-refractivity contribution < 1.29 is 57.8 Å². The fourth-order valence-electron chi connectivity index (χ4n) is 5.37. The molecule has 0 aliphatic carbocycles. The predicted octanol–water partition coefficient (Wildman–Crippen LogP) is 0.536. The number of nitrogens with zero attached hydrogens (tertiary/aromatic N) is 4. The number of nitrogens with two attached hydrogens (primary N) is 1. The number of benzene rings is 2. The van der Waals surface area contributed by atoms with Crippen molar-refractivity contribution in [1.29, 1.82) is 5.41 Å². The Kier molecular flexibility index (Phi) is 24.4. The van der Waals surface area contributed by atoms with E-state index in [0.717, 1.165) is 10.9 Å². The van der Waals surface area contributed by atoms with Crippen molar-refractivity contribution in [2.75, 3.05) is 137 Å². The smallest absolute Gasteiger partial charge is 0.317 e. The molecule has 0 saturated carbocycles. The molecule has 0 atom stereocenters. The number of ether oxygens (including phenoxy) is 6. The first-order chi connectivity index (χ1) is 29.9. The molecule has 1 aromatic heterocycles. The molecule has 23 heteroatoms. The second kappa shape index (κ2) is 29.7. The molecule has 3 aromatic rings. The number of carbonyl (C=O) groups is 4. The summed E-state index contributed by atoms with van der Waals surface area (Å²) < 4.78 is 33.2. The van der Waals surface area contributed by atoms with Gasteiger partial charge in [-0.05, 0) is 49.5 Å². The minimum absolute atomic E-state index is 0.148. The highest BCUT2D eigenvalue weighted by atomic mass is 35.5. The summed E-state index contributed by atoms with van der Waals surface area (Å²) in [5, 5.41) is 37.4. The molecule has 0 saturated heterocycles. The molecule has 9 N–H and O–H groups in total. The lowest BCUT2D eigenvalue weighted by atomic mass is 10.1. The number of hydrogen-bond acceptors (Lipinski definition) is 15. The Bertz CT molecular complexity index is 1850. The van der Waals surface area contributed by atoms with E-state index in [9.17, 15) is 19.2 Å². The standard InChI is InChI=1S/C39H57ClN10O12/c1-49(26-34(52)53)11-12-50(27-35(54)55)25-33(51)43-8-13-57-16-17-58-14-9-44-39(56)45-10-15-59-18-19-60-20-21-61-22-23-62-30-5-2-28(3-6-30)36-31-24-29(40)4-7-32(31)46-38(47-36)48-37(41)42/h2-7,24H,8-23,25-27H2,1H3,(H,43,51)(H,52,53)(H,54,55)(H2,44,45,56)(H4,41,42,46,47,48). The number of halogens is 1. The molecule has 342 valence electrons. The zero-order chi connectivity index (χ0) is 45.0. The van der Waals surface area contributed by atoms with Crippen molar-refractivity contribution >= 4 is 58.3 Å². The third-order valence-electron chi connectivity index (χ3n) is 8.21. The van der Waals surface area contributed by atoms with Crippen LogP contribution in [-0.2, 0) is 38.1 Å². The fourth-order valence-corrected chi connectivity index (χ4v) is 5.55. The molecule has 1 heterocycles. The summed E-state index contributed by atoms with van der Waals surface area (Å²) in [6.07, 6.45) is 0. The highest BCUT2D eigenvalue weighted by Gasteiger charge is 2.16. The number of anilines is 1. The van der Waals surface area contributed by atoms with Crippen molar-refractivity contribution in [3.05, 3.63) is 47.5 Å². The number of guanidine groups is 1. The fraction of sp³-hybridized carbons (Fsp3) is 0.513. The molecule has 0 radical (unpaired) electrons. The number of fused-ring (bicyclic) bond motifs is 1. The molecule has 0 spiro atoms. The van der Waals surface area contributed by atoms with Gasteiger partial charge in [-0.15, -0.1) is 0 Å². The molecule has 2 aromatic carbocycles. The second-order valence-corrected chi connectivity index (χ2v) is 13.7. The maximum atomic E-state index is 12.2. The molecule has 3 amide bonds. The lowest BCUT2D eigenvalue weighted by Crippen LogP contribution is -2.44. The summed E-state index contributed by atoms with van der Waals surface area (Å²) in [7, 11) is 1.60. The van der Waals surface area contributed by atoms with Crippen molar-refractivity contribution in [3.63, 3.8) is 0 Å². The lowest BCUT2D eigenvalue weighted by molar-refractivity contribution is -0.140. The van der Waals surface area contributed by atoms with Gasteiger partial charge in [-0.2, -0.15) is 0 Å². The van der Waals surface area contributed by atoms with Gasteiger partial charge in [-0.25, -0.2) is 14.8 Å². The van der Waals surface area contributed by atoms with Crippen molar-refractivity contribution in [1.82, 2.24) is 35.7 Å². The van der Waals surface area contributed by atoms with E-state index >= 15 is 0 Å². The van der Waals surface area contributed by atoms with Crippen molar-refractivity contribution in [2.45, 2.75) is 0 Å². The number of carbonyl (C=O) groups excluding carboxylic acids is 2. The molecule has 0 bridgehead atoms. The number of amides is 3. The first kappa shape index (κ1) is 50.9. The minimum atomic E-state index is -1.09. The Balaban J connectivity index is 1.10. The molecule has 3 rings (SSSR count). The van der Waals surface area contributed by atoms with Crippen LogP contribution in [0.3, 0.4) is 0 Å². The zero-order valence-electron chi connectivity index (χ0n) is 34.7. The van der Waals surface area contributed by atoms with Gasteiger partial charge in [0.1, 0.15) is 12.4 Å². The SMILES string of the molecule is CN(CCN(CC(=O)O)CC(=O)NCCOCCOCCNC(=O)NCCOCCOCCOCCOc1ccc(-c2nc(NC(=N)N)nc3ccc(Cl)cc23)cc1)CC(=O)O. The Morgan fingerprint density at radius 3 is 1.82 bits per heavy atom. The molecular weight excluding hydrogens is 836 g/mol. The average molecular weight is 893 g/mol. The molecule has 0 aliphatic rings. The van der Waals surface area contributed by atoms with Gasteiger partial charge in [0.25, 0.3) is 0 Å². The third kappa shape index (κ3) is 22.4. The number of aromatic nitrogens is 2. The van der Waals surface area contributed by atoms with Crippen LogP contribution < -0.4 is 31.7 Å². The van der Waals surface area contributed by atoms with E-state index in [0.29, 0.717) is 81.3 Å². The van der Waals surface area contributed by atoms with Gasteiger partial charge in [-0.3, -0.25) is 34.9 Å². The zero-order valence-corrected chi connectivity index (χ0v) is 35.5. The van der Waals surface area contributed by atoms with Crippen LogP contribution in [0.4, 0.5) is 10.7 Å². The van der Waals surface area contributed by atoms with Gasteiger partial charge >= 0.3 is 18.0 Å². The van der Waals surface area contributed by atoms with Gasteiger partial charge in [0.05, 0.1) is 96.9 Å². The van der Waals surface area contributed by atoms with E-state index in [2.05, 4.69) is 31.2 Å². The maximum Gasteiger partial charge on any atom is 0.317 e. The summed E-state index contributed by atoms with van der Waals surface area (Å²) in [6, 6.07) is 12.3. The summed E-state index contributed by atoms with van der Waals surface area (Å²) in [5.74, 6) is -1.87. The summed E-state index contributed by atoms with van der Waals surface area (Å²) in [5.41, 5.74) is 7.56. The van der Waals surface area contributed by atoms with Crippen molar-refractivity contribution in [3.8, 4) is 17.0 Å². The van der Waals surface area contributed by atoms with E-state index in [1.165, 1.54) is 9.80 Å². The van der Waals surface area contributed by atoms with E-state index in [1.807, 2.05) is 24.3 Å². The predicted molar refractivity (Wildman–Crippen MR) is 229 cm³/mol. The lowest BCUT2D eigenvalue weighted by Gasteiger charge is -2.22. The van der Waals surface area contributed by atoms with Crippen LogP contribution in [0.1, 0.15) is 0 Å². The van der Waals surface area contributed by atoms with E-state index in [-0.39, 0.29) is 89.5 Å². The van der Waals surface area contributed by atoms with Crippen LogP contribution in [0.15, 0.2) is 42.5 Å². The average Bonchev–Trinajstić information content (AvgIpc) is 3.21. The van der Waals surface area contributed by atoms with E-state index < -0.39 is 11.9 Å². The van der Waals surface area contributed by atoms with E-state index in [4.69, 9.17) is 61.4 Å². The summed E-state index contributed by atoms with van der Waals surface area (Å²) >= 11 is 6.23. The topological polar surface area (TPSA) is 294 Å². The number of likely N-dealkylation sites (N-methyl/N-ethyl adjacent to an activating group) is 1. The number of hydrogen-bond donors (Lipinski definition) is 8. The number of rotatable bonds is 33. The summed E-state index contributed by atoms with van der Waals surface area (Å²) in [4.78, 5) is 57.9. The summed E-state index contributed by atoms with van der Waals surface area (Å²) in [6.45, 7) is 4.24. The largest absolute Gasteiger partial charge is 0.491 e. The number of urea groups is 1. The first-order valence-corrected chi connectivity index (χ1v) is 20.1. The van der Waals surface area contributed by atoms with Crippen LogP contribution >= 0.6 is 11.6 Å². The molecule has 62 heavy (non-hydrogen) atoms. The van der Waals surface area contributed by atoms with Gasteiger partial charge in [-0.1, -0.05) is 11.6 Å². The Morgan fingerprint density at radius 2 is 1.26 bits per heavy atom. The molecule has 0 unspecified atom stereocenters. The Hall–Kier alpha value is -5.46. The number of carboxylic acids is 2. The first-order valence-electron chi connectivity index (χ1n) is 19.7. The Labute approximate surface area is 364 Å². The second-order valence-electron chi connectivity index (χ2n) is 13.3. The molecular formula is C39H57ClN10O12. The van der Waals surface area contributed by atoms with Gasteiger partial charge < -0.3 is 60.3 Å². The van der Waals surface area contributed by atoms with Crippen molar-refractivity contribution in [2.24, 2.45) is 5.73 Å². The highest BCUT2D eigenvalue weighted by Crippen LogP contribution is 2.30.